The predicted molar refractivity (Wildman–Crippen MR) is 94.7 cm³/mol. The lowest BCUT2D eigenvalue weighted by molar-refractivity contribution is 0.204. The molecule has 0 bridgehead atoms. The second kappa shape index (κ2) is 7.88. The number of aliphatic hydroxyl groups excluding tert-OH is 1. The van der Waals surface area contributed by atoms with Gasteiger partial charge in [0.2, 0.25) is 0 Å². The molecule has 2 unspecified atom stereocenters. The van der Waals surface area contributed by atoms with Crippen molar-refractivity contribution in [3.63, 3.8) is 0 Å². The molecule has 124 valence electrons. The van der Waals surface area contributed by atoms with Crippen LogP contribution < -0.4 is 10.6 Å². The van der Waals surface area contributed by atoms with Crippen molar-refractivity contribution in [1.29, 1.82) is 0 Å². The van der Waals surface area contributed by atoms with Crippen LogP contribution in [0.4, 0.5) is 10.5 Å². The van der Waals surface area contributed by atoms with E-state index in [4.69, 9.17) is 5.11 Å². The molecule has 5 heteroatoms. The average Bonchev–Trinajstić information content (AvgIpc) is 2.39. The molecule has 4 nitrogen and oxygen atoms in total. The van der Waals surface area contributed by atoms with Gasteiger partial charge in [-0.1, -0.05) is 27.7 Å². The summed E-state index contributed by atoms with van der Waals surface area (Å²) in [6.07, 6.45) is 0. The molecule has 3 N–H and O–H groups in total. The first-order chi connectivity index (χ1) is 10.1. The molecule has 0 aromatic heterocycles. The zero-order valence-electron chi connectivity index (χ0n) is 14.4. The molecule has 0 saturated carbocycles. The zero-order chi connectivity index (χ0) is 16.9. The number of urea groups is 1. The summed E-state index contributed by atoms with van der Waals surface area (Å²) >= 11 is 1.80. The molecule has 1 aromatic carbocycles. The minimum Gasteiger partial charge on any atom is -0.396 e. The number of carbonyl (C=O) groups is 1. The van der Waals surface area contributed by atoms with Crippen LogP contribution in [0.3, 0.4) is 0 Å². The van der Waals surface area contributed by atoms with E-state index in [0.29, 0.717) is 0 Å². The molecule has 0 fully saturated rings. The van der Waals surface area contributed by atoms with Crippen molar-refractivity contribution >= 4 is 23.5 Å². The highest BCUT2D eigenvalue weighted by Crippen LogP contribution is 2.33. The molecule has 0 saturated heterocycles. The molecular formula is C17H28N2O2S. The summed E-state index contributed by atoms with van der Waals surface area (Å²) < 4.78 is 0.161. The fourth-order valence-corrected chi connectivity index (χ4v) is 2.94. The van der Waals surface area contributed by atoms with E-state index in [2.05, 4.69) is 37.5 Å². The molecule has 22 heavy (non-hydrogen) atoms. The van der Waals surface area contributed by atoms with Crippen molar-refractivity contribution in [2.45, 2.75) is 57.2 Å². The van der Waals surface area contributed by atoms with E-state index in [0.717, 1.165) is 11.3 Å². The molecule has 0 aliphatic heterocycles. The highest BCUT2D eigenvalue weighted by Gasteiger charge is 2.15. The minimum atomic E-state index is -0.243. The van der Waals surface area contributed by atoms with Gasteiger partial charge in [-0.3, -0.25) is 0 Å². The van der Waals surface area contributed by atoms with Gasteiger partial charge in [0, 0.05) is 28.0 Å². The standard InChI is InChI=1S/C17H28N2O2S/c1-11-9-14(22-17(4,5)6)7-8-15(11)19-16(21)18-13(3)12(2)10-20/h7-9,12-13,20H,10H2,1-6H3,(H2,18,19,21). The summed E-state index contributed by atoms with van der Waals surface area (Å²) in [5, 5.41) is 14.8. The first-order valence-electron chi connectivity index (χ1n) is 7.60. The lowest BCUT2D eigenvalue weighted by atomic mass is 10.1. The highest BCUT2D eigenvalue weighted by atomic mass is 32.2. The van der Waals surface area contributed by atoms with E-state index in [9.17, 15) is 4.79 Å². The van der Waals surface area contributed by atoms with E-state index >= 15 is 0 Å². The Morgan fingerprint density at radius 3 is 2.45 bits per heavy atom. The van der Waals surface area contributed by atoms with Gasteiger partial charge in [-0.15, -0.1) is 11.8 Å². The van der Waals surface area contributed by atoms with Crippen LogP contribution in [0.5, 0.6) is 0 Å². The maximum atomic E-state index is 12.0. The van der Waals surface area contributed by atoms with Crippen molar-refractivity contribution < 1.29 is 9.90 Å². The highest BCUT2D eigenvalue weighted by molar-refractivity contribution is 8.00. The number of rotatable bonds is 5. The van der Waals surface area contributed by atoms with Crippen molar-refractivity contribution in [3.8, 4) is 0 Å². The van der Waals surface area contributed by atoms with Crippen LogP contribution in [-0.2, 0) is 0 Å². The maximum absolute atomic E-state index is 12.0. The Labute approximate surface area is 138 Å². The average molecular weight is 324 g/mol. The van der Waals surface area contributed by atoms with Crippen molar-refractivity contribution in [3.05, 3.63) is 23.8 Å². The first-order valence-corrected chi connectivity index (χ1v) is 8.42. The van der Waals surface area contributed by atoms with Crippen LogP contribution in [0.1, 0.15) is 40.2 Å². The number of anilines is 1. The smallest absolute Gasteiger partial charge is 0.319 e. The van der Waals surface area contributed by atoms with Gasteiger partial charge in [0.05, 0.1) is 0 Å². The number of thioether (sulfide) groups is 1. The van der Waals surface area contributed by atoms with Gasteiger partial charge in [-0.05, 0) is 43.5 Å². The van der Waals surface area contributed by atoms with Gasteiger partial charge < -0.3 is 15.7 Å². The summed E-state index contributed by atoms with van der Waals surface area (Å²) in [5.41, 5.74) is 1.84. The Balaban J connectivity index is 2.68. The fraction of sp³-hybridized carbons (Fsp3) is 0.588. The second-order valence-electron chi connectivity index (χ2n) is 6.74. The molecular weight excluding hydrogens is 296 g/mol. The van der Waals surface area contributed by atoms with E-state index in [1.54, 1.807) is 11.8 Å². The van der Waals surface area contributed by atoms with Crippen molar-refractivity contribution in [2.75, 3.05) is 11.9 Å². The SMILES string of the molecule is Cc1cc(SC(C)(C)C)ccc1NC(=O)NC(C)C(C)CO. The first kappa shape index (κ1) is 18.8. The van der Waals surface area contributed by atoms with Crippen LogP contribution in [0.2, 0.25) is 0 Å². The van der Waals surface area contributed by atoms with Crippen LogP contribution >= 0.6 is 11.8 Å². The molecule has 1 aromatic rings. The Kier molecular flexibility index (Phi) is 6.75. The molecule has 0 heterocycles. The van der Waals surface area contributed by atoms with Crippen LogP contribution in [0.15, 0.2) is 23.1 Å². The molecule has 0 spiro atoms. The summed E-state index contributed by atoms with van der Waals surface area (Å²) in [7, 11) is 0. The quantitative estimate of drug-likeness (QED) is 0.717. The summed E-state index contributed by atoms with van der Waals surface area (Å²) in [4.78, 5) is 13.2. The molecule has 0 aliphatic rings. The molecule has 0 aliphatic carbocycles. The normalized spacial score (nSPS) is 14.3. The third-order valence-corrected chi connectivity index (χ3v) is 4.47. The van der Waals surface area contributed by atoms with E-state index in [1.807, 2.05) is 32.9 Å². The number of aryl methyl sites for hydroxylation is 1. The van der Waals surface area contributed by atoms with E-state index < -0.39 is 0 Å². The van der Waals surface area contributed by atoms with Crippen molar-refractivity contribution in [2.24, 2.45) is 5.92 Å². The van der Waals surface area contributed by atoms with E-state index in [-0.39, 0.29) is 29.3 Å². The number of nitrogens with one attached hydrogen (secondary N) is 2. The lowest BCUT2D eigenvalue weighted by Crippen LogP contribution is -2.40. The van der Waals surface area contributed by atoms with Gasteiger partial charge >= 0.3 is 6.03 Å². The molecule has 2 amide bonds. The molecule has 2 atom stereocenters. The molecule has 0 radical (unpaired) electrons. The van der Waals surface area contributed by atoms with E-state index in [1.165, 1.54) is 4.90 Å². The second-order valence-corrected chi connectivity index (χ2v) is 8.64. The predicted octanol–water partition coefficient (Wildman–Crippen LogP) is 4.02. The topological polar surface area (TPSA) is 61.4 Å². The Hall–Kier alpha value is -1.20. The van der Waals surface area contributed by atoms with Crippen LogP contribution in [0, 0.1) is 12.8 Å². The van der Waals surface area contributed by atoms with Gasteiger partial charge in [0.25, 0.3) is 0 Å². The third kappa shape index (κ3) is 6.28. The van der Waals surface area contributed by atoms with Gasteiger partial charge in [0.15, 0.2) is 0 Å². The Morgan fingerprint density at radius 2 is 1.95 bits per heavy atom. The maximum Gasteiger partial charge on any atom is 0.319 e. The van der Waals surface area contributed by atoms with Gasteiger partial charge in [-0.2, -0.15) is 0 Å². The summed E-state index contributed by atoms with van der Waals surface area (Å²) in [6.45, 7) is 12.4. The van der Waals surface area contributed by atoms with Crippen LogP contribution in [0.25, 0.3) is 0 Å². The number of benzene rings is 1. The Morgan fingerprint density at radius 1 is 1.32 bits per heavy atom. The number of hydrogen-bond acceptors (Lipinski definition) is 3. The fourth-order valence-electron chi connectivity index (χ4n) is 1.86. The largest absolute Gasteiger partial charge is 0.396 e. The monoisotopic (exact) mass is 324 g/mol. The number of aliphatic hydroxyl groups is 1. The van der Waals surface area contributed by atoms with Gasteiger partial charge in [-0.25, -0.2) is 4.79 Å². The number of amides is 2. The van der Waals surface area contributed by atoms with Crippen LogP contribution in [-0.4, -0.2) is 28.5 Å². The molecule has 1 rings (SSSR count). The number of hydrogen-bond donors (Lipinski definition) is 3. The summed E-state index contributed by atoms with van der Waals surface area (Å²) in [6, 6.07) is 5.72. The van der Waals surface area contributed by atoms with Gasteiger partial charge in [0.1, 0.15) is 0 Å². The zero-order valence-corrected chi connectivity index (χ0v) is 15.2. The van der Waals surface area contributed by atoms with Crippen molar-refractivity contribution in [1.82, 2.24) is 5.32 Å². The Bertz CT molecular complexity index is 512. The third-order valence-electron chi connectivity index (χ3n) is 3.37. The minimum absolute atomic E-state index is 0.0254. The lowest BCUT2D eigenvalue weighted by Gasteiger charge is -2.21. The summed E-state index contributed by atoms with van der Waals surface area (Å²) in [5.74, 6) is 0.0254. The number of carbonyl (C=O) groups excluding carboxylic acids is 1.